The number of ether oxygens (including phenoxy) is 1. The highest BCUT2D eigenvalue weighted by molar-refractivity contribution is 6.28. The number of ketones is 3. The van der Waals surface area contributed by atoms with Gasteiger partial charge in [0.2, 0.25) is 0 Å². The summed E-state index contributed by atoms with van der Waals surface area (Å²) in [5, 5.41) is 1.77. The molecule has 1 atom stereocenters. The first kappa shape index (κ1) is 17.3. The van der Waals surface area contributed by atoms with Crippen LogP contribution in [0.25, 0.3) is 10.8 Å². The van der Waals surface area contributed by atoms with Gasteiger partial charge < -0.3 is 4.74 Å². The van der Waals surface area contributed by atoms with E-state index in [-0.39, 0.29) is 36.6 Å². The Balaban J connectivity index is 1.84. The van der Waals surface area contributed by atoms with E-state index in [0.717, 1.165) is 10.8 Å². The summed E-state index contributed by atoms with van der Waals surface area (Å²) in [4.78, 5) is 50.0. The van der Waals surface area contributed by atoms with Crippen LogP contribution in [0.3, 0.4) is 0 Å². The molecule has 136 valence electrons. The first-order valence-corrected chi connectivity index (χ1v) is 8.87. The molecule has 0 fully saturated rings. The number of carbonyl (C=O) groups excluding carboxylic acids is 4. The van der Waals surface area contributed by atoms with Gasteiger partial charge in [0.05, 0.1) is 0 Å². The van der Waals surface area contributed by atoms with Gasteiger partial charge in [0, 0.05) is 35.6 Å². The molecule has 0 aromatic heterocycles. The summed E-state index contributed by atoms with van der Waals surface area (Å²) >= 11 is 0. The van der Waals surface area contributed by atoms with E-state index in [2.05, 4.69) is 0 Å². The molecule has 0 saturated heterocycles. The molecule has 0 spiro atoms. The predicted octanol–water partition coefficient (Wildman–Crippen LogP) is 3.59. The summed E-state index contributed by atoms with van der Waals surface area (Å²) < 4.78 is 5.34. The van der Waals surface area contributed by atoms with Crippen LogP contribution in [0.5, 0.6) is 0 Å². The highest BCUT2D eigenvalue weighted by Gasteiger charge is 2.47. The average Bonchev–Trinajstić information content (AvgIpc) is 2.64. The fourth-order valence-corrected chi connectivity index (χ4v) is 4.10. The van der Waals surface area contributed by atoms with Crippen LogP contribution >= 0.6 is 0 Å². The van der Waals surface area contributed by atoms with Crippen molar-refractivity contribution in [2.75, 3.05) is 0 Å². The maximum absolute atomic E-state index is 13.2. The Hall–Kier alpha value is -3.08. The Kier molecular flexibility index (Phi) is 3.84. The van der Waals surface area contributed by atoms with Crippen LogP contribution in [0.1, 0.15) is 53.8 Å². The Morgan fingerprint density at radius 1 is 0.926 bits per heavy atom. The SMILES string of the molecule is CC(=O)OC1(C(C)=O)CCC2=C(C1)C(=O)c1cc3ccccc3cc1C2=O. The third-order valence-corrected chi connectivity index (χ3v) is 5.51. The minimum absolute atomic E-state index is 0.0475. The quantitative estimate of drug-likeness (QED) is 0.763. The van der Waals surface area contributed by atoms with E-state index in [0.29, 0.717) is 22.3 Å². The summed E-state index contributed by atoms with van der Waals surface area (Å²) in [6.45, 7) is 2.59. The zero-order chi connectivity index (χ0) is 19.3. The molecule has 0 radical (unpaired) electrons. The molecule has 0 heterocycles. The number of benzene rings is 2. The van der Waals surface area contributed by atoms with E-state index in [1.807, 2.05) is 24.3 Å². The standard InChI is InChI=1S/C22H18O5/c1-12(23)22(27-13(2)24)8-7-16-19(11-22)21(26)18-10-15-6-4-3-5-14(15)9-17(18)20(16)25/h3-6,9-10H,7-8,11H2,1-2H3. The Bertz CT molecular complexity index is 1080. The Labute approximate surface area is 156 Å². The van der Waals surface area contributed by atoms with Crippen molar-refractivity contribution in [1.29, 1.82) is 0 Å². The molecule has 2 aliphatic rings. The molecule has 0 N–H and O–H groups in total. The molecular formula is C22H18O5. The minimum Gasteiger partial charge on any atom is -0.451 e. The van der Waals surface area contributed by atoms with E-state index >= 15 is 0 Å². The molecule has 5 nitrogen and oxygen atoms in total. The topological polar surface area (TPSA) is 77.5 Å². The molecular weight excluding hydrogens is 344 g/mol. The molecule has 0 aliphatic heterocycles. The van der Waals surface area contributed by atoms with Crippen LogP contribution in [-0.4, -0.2) is 28.9 Å². The third-order valence-electron chi connectivity index (χ3n) is 5.51. The van der Waals surface area contributed by atoms with E-state index in [1.165, 1.54) is 13.8 Å². The molecule has 5 heteroatoms. The van der Waals surface area contributed by atoms with Crippen molar-refractivity contribution in [2.45, 2.75) is 38.7 Å². The van der Waals surface area contributed by atoms with Crippen LogP contribution in [0.15, 0.2) is 47.5 Å². The second kappa shape index (κ2) is 5.98. The number of fused-ring (bicyclic) bond motifs is 2. The van der Waals surface area contributed by atoms with Crippen LogP contribution in [0.2, 0.25) is 0 Å². The molecule has 2 aromatic rings. The van der Waals surface area contributed by atoms with Gasteiger partial charge in [0.15, 0.2) is 23.0 Å². The Morgan fingerprint density at radius 2 is 1.48 bits per heavy atom. The van der Waals surface area contributed by atoms with Gasteiger partial charge in [-0.3, -0.25) is 19.2 Å². The van der Waals surface area contributed by atoms with Crippen molar-refractivity contribution in [3.05, 3.63) is 58.7 Å². The molecule has 2 aromatic carbocycles. The van der Waals surface area contributed by atoms with E-state index < -0.39 is 11.6 Å². The monoisotopic (exact) mass is 362 g/mol. The van der Waals surface area contributed by atoms with Crippen molar-refractivity contribution < 1.29 is 23.9 Å². The summed E-state index contributed by atoms with van der Waals surface area (Å²) in [6.07, 6.45) is 0.399. The minimum atomic E-state index is -1.37. The zero-order valence-electron chi connectivity index (χ0n) is 15.1. The summed E-state index contributed by atoms with van der Waals surface area (Å²) in [7, 11) is 0. The van der Waals surface area contributed by atoms with Gasteiger partial charge in [-0.25, -0.2) is 0 Å². The van der Waals surface area contributed by atoms with Gasteiger partial charge in [-0.2, -0.15) is 0 Å². The Morgan fingerprint density at radius 3 is 2.00 bits per heavy atom. The number of allylic oxidation sites excluding steroid dienone is 1. The number of Topliss-reactive ketones (excluding diaryl/α,β-unsaturated/α-hetero) is 3. The summed E-state index contributed by atoms with van der Waals surface area (Å²) in [6, 6.07) is 11.0. The molecule has 0 bridgehead atoms. The van der Waals surface area contributed by atoms with Crippen molar-refractivity contribution in [3.63, 3.8) is 0 Å². The second-order valence-corrected chi connectivity index (χ2v) is 7.18. The van der Waals surface area contributed by atoms with Gasteiger partial charge in [0.25, 0.3) is 0 Å². The average molecular weight is 362 g/mol. The lowest BCUT2D eigenvalue weighted by atomic mass is 9.70. The molecule has 0 saturated carbocycles. The van der Waals surface area contributed by atoms with Gasteiger partial charge in [0.1, 0.15) is 0 Å². The lowest BCUT2D eigenvalue weighted by Crippen LogP contribution is -2.46. The smallest absolute Gasteiger partial charge is 0.303 e. The lowest BCUT2D eigenvalue weighted by molar-refractivity contribution is -0.166. The van der Waals surface area contributed by atoms with E-state index in [1.54, 1.807) is 12.1 Å². The normalized spacial score (nSPS) is 21.7. The summed E-state index contributed by atoms with van der Waals surface area (Å²) in [5.41, 5.74) is 0.117. The maximum atomic E-state index is 13.2. The lowest BCUT2D eigenvalue weighted by Gasteiger charge is -2.37. The number of esters is 1. The van der Waals surface area contributed by atoms with Crippen molar-refractivity contribution in [2.24, 2.45) is 0 Å². The van der Waals surface area contributed by atoms with Crippen molar-refractivity contribution in [3.8, 4) is 0 Å². The molecule has 1 unspecified atom stereocenters. The van der Waals surface area contributed by atoms with Crippen LogP contribution in [0.4, 0.5) is 0 Å². The molecule has 27 heavy (non-hydrogen) atoms. The van der Waals surface area contributed by atoms with Gasteiger partial charge >= 0.3 is 5.97 Å². The fourth-order valence-electron chi connectivity index (χ4n) is 4.10. The van der Waals surface area contributed by atoms with Crippen molar-refractivity contribution in [1.82, 2.24) is 0 Å². The summed E-state index contributed by atoms with van der Waals surface area (Å²) in [5.74, 6) is -1.32. The van der Waals surface area contributed by atoms with E-state index in [9.17, 15) is 19.2 Å². The predicted molar refractivity (Wildman–Crippen MR) is 98.7 cm³/mol. The largest absolute Gasteiger partial charge is 0.451 e. The molecule has 0 amide bonds. The highest BCUT2D eigenvalue weighted by atomic mass is 16.6. The van der Waals surface area contributed by atoms with Crippen molar-refractivity contribution >= 4 is 34.1 Å². The number of hydrogen-bond donors (Lipinski definition) is 0. The van der Waals surface area contributed by atoms with Gasteiger partial charge in [-0.1, -0.05) is 24.3 Å². The number of rotatable bonds is 2. The number of hydrogen-bond acceptors (Lipinski definition) is 5. The fraction of sp³-hybridized carbons (Fsp3) is 0.273. The molecule has 2 aliphatic carbocycles. The first-order chi connectivity index (χ1) is 12.8. The van der Waals surface area contributed by atoms with E-state index in [4.69, 9.17) is 4.74 Å². The third kappa shape index (κ3) is 2.62. The van der Waals surface area contributed by atoms with Gasteiger partial charge in [-0.15, -0.1) is 0 Å². The molecule has 4 rings (SSSR count). The zero-order valence-corrected chi connectivity index (χ0v) is 15.1. The van der Waals surface area contributed by atoms with Gasteiger partial charge in [-0.05, 0) is 42.7 Å². The van der Waals surface area contributed by atoms with Crippen LogP contribution in [-0.2, 0) is 14.3 Å². The van der Waals surface area contributed by atoms with Crippen LogP contribution in [0, 0.1) is 0 Å². The second-order valence-electron chi connectivity index (χ2n) is 7.18. The maximum Gasteiger partial charge on any atom is 0.303 e. The first-order valence-electron chi connectivity index (χ1n) is 8.87. The van der Waals surface area contributed by atoms with Crippen LogP contribution < -0.4 is 0 Å². The number of carbonyl (C=O) groups is 4. The highest BCUT2D eigenvalue weighted by Crippen LogP contribution is 2.42.